The first-order valence-corrected chi connectivity index (χ1v) is 15.2. The van der Waals surface area contributed by atoms with E-state index in [0.717, 1.165) is 44.1 Å². The molecule has 1 atom stereocenters. The van der Waals surface area contributed by atoms with Crippen molar-refractivity contribution in [3.8, 4) is 5.75 Å². The summed E-state index contributed by atoms with van der Waals surface area (Å²) < 4.78 is 13.7. The molecule has 0 saturated carbocycles. The lowest BCUT2D eigenvalue weighted by molar-refractivity contribution is -0.145. The molecule has 228 valence electrons. The SMILES string of the molecule is CCCCCCCn1c(=O)c(N(CCc2ccccc2)CCc2ccc(OC(C)COC(=O)CC)cc2)nn(C)c1=O. The Hall–Kier alpha value is -3.88. The lowest BCUT2D eigenvalue weighted by Gasteiger charge is -2.24. The lowest BCUT2D eigenvalue weighted by atomic mass is 10.1. The molecule has 0 fully saturated rings. The van der Waals surface area contributed by atoms with Gasteiger partial charge in [-0.05, 0) is 49.4 Å². The van der Waals surface area contributed by atoms with Crippen LogP contribution >= 0.6 is 0 Å². The van der Waals surface area contributed by atoms with Crippen molar-refractivity contribution in [2.24, 2.45) is 7.05 Å². The summed E-state index contributed by atoms with van der Waals surface area (Å²) >= 11 is 0. The highest BCUT2D eigenvalue weighted by Crippen LogP contribution is 2.16. The minimum atomic E-state index is -0.378. The molecule has 0 saturated heterocycles. The lowest BCUT2D eigenvalue weighted by Crippen LogP contribution is -2.45. The van der Waals surface area contributed by atoms with Gasteiger partial charge in [-0.1, -0.05) is 82.0 Å². The van der Waals surface area contributed by atoms with Gasteiger partial charge < -0.3 is 14.4 Å². The minimum absolute atomic E-state index is 0.202. The average Bonchev–Trinajstić information content (AvgIpc) is 3.00. The molecule has 0 aliphatic carbocycles. The Morgan fingerprint density at radius 1 is 0.905 bits per heavy atom. The number of nitrogens with zero attached hydrogens (tertiary/aromatic N) is 4. The van der Waals surface area contributed by atoms with E-state index < -0.39 is 0 Å². The van der Waals surface area contributed by atoms with Gasteiger partial charge in [0.25, 0.3) is 5.56 Å². The Balaban J connectivity index is 1.74. The standard InChI is InChI=1S/C33H46N4O5/c1-5-7-8-9-13-22-37-32(39)31(34-35(4)33(37)40)36(23-20-27-14-11-10-12-15-27)24-21-28-16-18-29(19-17-28)42-26(3)25-41-30(38)6-2/h10-12,14-19,26H,5-9,13,20-25H2,1-4H3. The fourth-order valence-electron chi connectivity index (χ4n) is 4.69. The van der Waals surface area contributed by atoms with Gasteiger partial charge >= 0.3 is 11.7 Å². The number of unbranched alkanes of at least 4 members (excludes halogenated alkanes) is 4. The fraction of sp³-hybridized carbons (Fsp3) is 0.515. The van der Waals surface area contributed by atoms with Crippen LogP contribution < -0.4 is 20.9 Å². The summed E-state index contributed by atoms with van der Waals surface area (Å²) in [4.78, 5) is 39.8. The molecule has 1 heterocycles. The number of carbonyl (C=O) groups excluding carboxylic acids is 1. The number of benzene rings is 2. The van der Waals surface area contributed by atoms with Gasteiger partial charge in [-0.15, -0.1) is 5.10 Å². The van der Waals surface area contributed by atoms with E-state index in [9.17, 15) is 14.4 Å². The number of ether oxygens (including phenoxy) is 2. The first-order chi connectivity index (χ1) is 20.3. The van der Waals surface area contributed by atoms with Crippen LogP contribution in [0.15, 0.2) is 64.2 Å². The molecule has 0 radical (unpaired) electrons. The van der Waals surface area contributed by atoms with E-state index in [1.165, 1.54) is 14.8 Å². The molecule has 0 aliphatic rings. The van der Waals surface area contributed by atoms with E-state index in [-0.39, 0.29) is 29.9 Å². The zero-order chi connectivity index (χ0) is 30.3. The molecule has 3 rings (SSSR count). The van der Waals surface area contributed by atoms with Crippen LogP contribution in [0.3, 0.4) is 0 Å². The van der Waals surface area contributed by atoms with Crippen molar-refractivity contribution >= 4 is 11.8 Å². The summed E-state index contributed by atoms with van der Waals surface area (Å²) in [6, 6.07) is 17.9. The second kappa shape index (κ2) is 17.2. The maximum absolute atomic E-state index is 13.6. The molecule has 0 bridgehead atoms. The Morgan fingerprint density at radius 2 is 1.55 bits per heavy atom. The second-order valence-corrected chi connectivity index (χ2v) is 10.7. The first-order valence-electron chi connectivity index (χ1n) is 15.2. The number of aryl methyl sites for hydroxylation is 1. The molecule has 42 heavy (non-hydrogen) atoms. The number of carbonyl (C=O) groups is 1. The van der Waals surface area contributed by atoms with E-state index in [1.807, 2.05) is 54.3 Å². The second-order valence-electron chi connectivity index (χ2n) is 10.7. The monoisotopic (exact) mass is 578 g/mol. The van der Waals surface area contributed by atoms with Crippen LogP contribution in [0.5, 0.6) is 5.75 Å². The van der Waals surface area contributed by atoms with E-state index in [4.69, 9.17) is 9.47 Å². The van der Waals surface area contributed by atoms with Gasteiger partial charge in [-0.3, -0.25) is 14.2 Å². The maximum atomic E-state index is 13.6. The third-order valence-corrected chi connectivity index (χ3v) is 7.19. The molecule has 1 unspecified atom stereocenters. The van der Waals surface area contributed by atoms with E-state index in [2.05, 4.69) is 24.2 Å². The van der Waals surface area contributed by atoms with E-state index >= 15 is 0 Å². The van der Waals surface area contributed by atoms with Gasteiger partial charge in [-0.25, -0.2) is 9.48 Å². The van der Waals surface area contributed by atoms with Gasteiger partial charge in [0.1, 0.15) is 18.5 Å². The van der Waals surface area contributed by atoms with Gasteiger partial charge in [0.05, 0.1) is 0 Å². The molecule has 3 aromatic rings. The Bertz CT molecular complexity index is 1350. The zero-order valence-corrected chi connectivity index (χ0v) is 25.6. The fourth-order valence-corrected chi connectivity index (χ4v) is 4.69. The Morgan fingerprint density at radius 3 is 2.19 bits per heavy atom. The Labute approximate surface area is 249 Å². The van der Waals surface area contributed by atoms with E-state index in [0.29, 0.717) is 44.0 Å². The number of rotatable bonds is 18. The topological polar surface area (TPSA) is 95.7 Å². The quantitative estimate of drug-likeness (QED) is 0.156. The number of hydrogen-bond acceptors (Lipinski definition) is 7. The summed E-state index contributed by atoms with van der Waals surface area (Å²) in [6.45, 7) is 7.54. The van der Waals surface area contributed by atoms with Crippen LogP contribution in [0, 0.1) is 0 Å². The molecular weight excluding hydrogens is 532 g/mol. The predicted molar refractivity (Wildman–Crippen MR) is 166 cm³/mol. The zero-order valence-electron chi connectivity index (χ0n) is 25.6. The van der Waals surface area contributed by atoms with Crippen molar-refractivity contribution in [2.75, 3.05) is 24.6 Å². The average molecular weight is 579 g/mol. The summed E-state index contributed by atoms with van der Waals surface area (Å²) in [5, 5.41) is 4.44. The third kappa shape index (κ3) is 10.2. The number of anilines is 1. The molecule has 0 N–H and O–H groups in total. The van der Waals surface area contributed by atoms with Gasteiger partial charge in [-0.2, -0.15) is 0 Å². The van der Waals surface area contributed by atoms with Gasteiger partial charge in [0.15, 0.2) is 0 Å². The van der Waals surface area contributed by atoms with Gasteiger partial charge in [0.2, 0.25) is 5.82 Å². The van der Waals surface area contributed by atoms with Crippen molar-refractivity contribution in [2.45, 2.75) is 84.8 Å². The van der Waals surface area contributed by atoms with Crippen LogP contribution in [-0.2, 0) is 36.0 Å². The predicted octanol–water partition coefficient (Wildman–Crippen LogP) is 4.92. The Kier molecular flexibility index (Phi) is 13.3. The smallest absolute Gasteiger partial charge is 0.347 e. The van der Waals surface area contributed by atoms with Crippen molar-refractivity contribution < 1.29 is 14.3 Å². The van der Waals surface area contributed by atoms with Crippen molar-refractivity contribution in [3.63, 3.8) is 0 Å². The first kappa shape index (κ1) is 32.6. The molecule has 9 nitrogen and oxygen atoms in total. The summed E-state index contributed by atoms with van der Waals surface area (Å²) in [5.74, 6) is 0.752. The van der Waals surface area contributed by atoms with E-state index in [1.54, 1.807) is 14.0 Å². The van der Waals surface area contributed by atoms with Crippen LogP contribution in [-0.4, -0.2) is 46.1 Å². The largest absolute Gasteiger partial charge is 0.487 e. The molecule has 0 amide bonds. The highest BCUT2D eigenvalue weighted by molar-refractivity contribution is 5.68. The number of esters is 1. The summed E-state index contributed by atoms with van der Waals surface area (Å²) in [5.41, 5.74) is 1.54. The normalized spacial score (nSPS) is 11.7. The molecule has 1 aromatic heterocycles. The van der Waals surface area contributed by atoms with Crippen molar-refractivity contribution in [1.29, 1.82) is 0 Å². The minimum Gasteiger partial charge on any atom is -0.487 e. The molecule has 0 aliphatic heterocycles. The highest BCUT2D eigenvalue weighted by atomic mass is 16.6. The highest BCUT2D eigenvalue weighted by Gasteiger charge is 2.18. The number of hydrogen-bond donors (Lipinski definition) is 0. The van der Waals surface area contributed by atoms with Crippen LogP contribution in [0.25, 0.3) is 0 Å². The molecule has 2 aromatic carbocycles. The molecule has 0 spiro atoms. The molecule has 9 heteroatoms. The van der Waals surface area contributed by atoms with Crippen LogP contribution in [0.4, 0.5) is 5.82 Å². The van der Waals surface area contributed by atoms with Crippen molar-refractivity contribution in [1.82, 2.24) is 14.3 Å². The summed E-state index contributed by atoms with van der Waals surface area (Å²) in [6.07, 6.45) is 6.68. The maximum Gasteiger partial charge on any atom is 0.347 e. The van der Waals surface area contributed by atoms with Crippen molar-refractivity contribution in [3.05, 3.63) is 86.6 Å². The van der Waals surface area contributed by atoms with Crippen LogP contribution in [0.1, 0.15) is 70.4 Å². The molecular formula is C33H46N4O5. The summed E-state index contributed by atoms with van der Waals surface area (Å²) in [7, 11) is 1.61. The number of aromatic nitrogens is 3. The van der Waals surface area contributed by atoms with Crippen LogP contribution in [0.2, 0.25) is 0 Å². The van der Waals surface area contributed by atoms with Gasteiger partial charge in [0, 0.05) is 33.1 Å². The third-order valence-electron chi connectivity index (χ3n) is 7.19.